The summed E-state index contributed by atoms with van der Waals surface area (Å²) in [4.78, 5) is 2.72. The molecule has 2 saturated heterocycles. The molecule has 92 valence electrons. The van der Waals surface area contributed by atoms with Gasteiger partial charge in [0.25, 0.3) is 0 Å². The van der Waals surface area contributed by atoms with Crippen molar-refractivity contribution >= 4 is 15.9 Å². The molecule has 0 radical (unpaired) electrons. The fourth-order valence-electron chi connectivity index (χ4n) is 2.94. The van der Waals surface area contributed by atoms with Gasteiger partial charge in [-0.3, -0.25) is 4.90 Å². The van der Waals surface area contributed by atoms with Gasteiger partial charge in [-0.25, -0.2) is 0 Å². The Bertz CT molecular complexity index is 266. The summed E-state index contributed by atoms with van der Waals surface area (Å²) in [6, 6.07) is 0. The van der Waals surface area contributed by atoms with Crippen LogP contribution < -0.4 is 5.32 Å². The van der Waals surface area contributed by atoms with E-state index in [9.17, 15) is 0 Å². The Labute approximate surface area is 108 Å². The van der Waals surface area contributed by atoms with Gasteiger partial charge in [-0.1, -0.05) is 21.5 Å². The number of rotatable bonds is 1. The molecule has 2 rings (SSSR count). The van der Waals surface area contributed by atoms with Crippen LogP contribution in [-0.4, -0.2) is 36.6 Å². The molecule has 2 aliphatic rings. The van der Waals surface area contributed by atoms with E-state index in [1.807, 2.05) is 0 Å². The lowest BCUT2D eigenvalue weighted by Crippen LogP contribution is -2.54. The number of nitrogens with one attached hydrogen (secondary N) is 1. The second-order valence-electron chi connectivity index (χ2n) is 5.37. The minimum absolute atomic E-state index is 0.455. The van der Waals surface area contributed by atoms with E-state index in [0.717, 1.165) is 0 Å². The summed E-state index contributed by atoms with van der Waals surface area (Å²) < 4.78 is 1.36. The highest BCUT2D eigenvalue weighted by atomic mass is 79.9. The zero-order chi connectivity index (χ0) is 11.6. The Kier molecular flexibility index (Phi) is 4.09. The maximum absolute atomic E-state index is 3.62. The average molecular weight is 287 g/mol. The van der Waals surface area contributed by atoms with Crippen molar-refractivity contribution in [2.75, 3.05) is 26.2 Å². The molecule has 2 fully saturated rings. The van der Waals surface area contributed by atoms with Gasteiger partial charge in [0.2, 0.25) is 0 Å². The smallest absolute Gasteiger partial charge is 0.0205 e. The molecule has 1 N–H and O–H groups in total. The monoisotopic (exact) mass is 286 g/mol. The van der Waals surface area contributed by atoms with E-state index in [0.29, 0.717) is 5.54 Å². The molecule has 0 spiro atoms. The largest absolute Gasteiger partial charge is 0.317 e. The molecule has 0 aliphatic carbocycles. The molecule has 2 nitrogen and oxygen atoms in total. The molecule has 0 unspecified atom stereocenters. The van der Waals surface area contributed by atoms with Crippen LogP contribution >= 0.6 is 15.9 Å². The predicted octanol–water partition coefficient (Wildman–Crippen LogP) is 2.89. The van der Waals surface area contributed by atoms with E-state index in [1.165, 1.54) is 56.3 Å². The van der Waals surface area contributed by atoms with Crippen molar-refractivity contribution in [1.82, 2.24) is 10.2 Å². The molecule has 3 heteroatoms. The molecule has 0 saturated carbocycles. The van der Waals surface area contributed by atoms with E-state index in [1.54, 1.807) is 5.57 Å². The Balaban J connectivity index is 1.95. The highest BCUT2D eigenvalue weighted by Crippen LogP contribution is 2.31. The second kappa shape index (κ2) is 5.19. The lowest BCUT2D eigenvalue weighted by Gasteiger charge is -2.46. The fourth-order valence-corrected chi connectivity index (χ4v) is 3.34. The van der Waals surface area contributed by atoms with Crippen LogP contribution in [0, 0.1) is 0 Å². The number of allylic oxidation sites excluding steroid dienone is 1. The molecular formula is C13H23BrN2. The molecule has 0 bridgehead atoms. The normalized spacial score (nSPS) is 26.8. The first-order chi connectivity index (χ1) is 7.62. The Morgan fingerprint density at radius 1 is 1.25 bits per heavy atom. The molecular weight excluding hydrogens is 264 g/mol. The van der Waals surface area contributed by atoms with Crippen molar-refractivity contribution in [2.45, 2.75) is 45.1 Å². The minimum atomic E-state index is 0.455. The maximum atomic E-state index is 3.62. The third-order valence-electron chi connectivity index (χ3n) is 4.30. The fraction of sp³-hybridized carbons (Fsp3) is 0.846. The number of halogens is 1. The van der Waals surface area contributed by atoms with Crippen LogP contribution in [0.15, 0.2) is 10.1 Å². The Hall–Kier alpha value is 0.140. The third kappa shape index (κ3) is 2.69. The highest BCUT2D eigenvalue weighted by Gasteiger charge is 2.34. The molecule has 0 atom stereocenters. The SMILES string of the molecule is CC(Br)=C1CCN(C2(C)CCNCC2)CC1. The van der Waals surface area contributed by atoms with Crippen molar-refractivity contribution in [3.8, 4) is 0 Å². The predicted molar refractivity (Wildman–Crippen MR) is 72.9 cm³/mol. The molecule has 0 aromatic rings. The van der Waals surface area contributed by atoms with Crippen LogP contribution in [0.1, 0.15) is 39.5 Å². The number of hydrogen-bond acceptors (Lipinski definition) is 2. The Morgan fingerprint density at radius 3 is 2.31 bits per heavy atom. The third-order valence-corrected chi connectivity index (χ3v) is 4.86. The van der Waals surface area contributed by atoms with Gasteiger partial charge in [-0.2, -0.15) is 0 Å². The summed E-state index contributed by atoms with van der Waals surface area (Å²) in [5.41, 5.74) is 2.07. The molecule has 0 amide bonds. The van der Waals surface area contributed by atoms with Crippen molar-refractivity contribution < 1.29 is 0 Å². The van der Waals surface area contributed by atoms with Gasteiger partial charge in [0.1, 0.15) is 0 Å². The number of hydrogen-bond donors (Lipinski definition) is 1. The molecule has 0 aromatic heterocycles. The van der Waals surface area contributed by atoms with Crippen molar-refractivity contribution in [1.29, 1.82) is 0 Å². The maximum Gasteiger partial charge on any atom is 0.0205 e. The van der Waals surface area contributed by atoms with Crippen LogP contribution in [0.25, 0.3) is 0 Å². The number of piperidine rings is 2. The van der Waals surface area contributed by atoms with Crippen LogP contribution in [0.2, 0.25) is 0 Å². The summed E-state index contributed by atoms with van der Waals surface area (Å²) in [5, 5.41) is 3.46. The van der Waals surface area contributed by atoms with E-state index in [-0.39, 0.29) is 0 Å². The lowest BCUT2D eigenvalue weighted by atomic mass is 9.86. The van der Waals surface area contributed by atoms with Crippen LogP contribution in [0.3, 0.4) is 0 Å². The molecule has 0 aromatic carbocycles. The zero-order valence-corrected chi connectivity index (χ0v) is 12.1. The van der Waals surface area contributed by atoms with Gasteiger partial charge in [0.15, 0.2) is 0 Å². The van der Waals surface area contributed by atoms with E-state index in [2.05, 4.69) is 40.0 Å². The minimum Gasteiger partial charge on any atom is -0.317 e. The van der Waals surface area contributed by atoms with Gasteiger partial charge < -0.3 is 5.32 Å². The first-order valence-electron chi connectivity index (χ1n) is 6.42. The van der Waals surface area contributed by atoms with Crippen LogP contribution in [-0.2, 0) is 0 Å². The Morgan fingerprint density at radius 2 is 1.81 bits per heavy atom. The second-order valence-corrected chi connectivity index (χ2v) is 6.56. The summed E-state index contributed by atoms with van der Waals surface area (Å²) in [7, 11) is 0. The molecule has 16 heavy (non-hydrogen) atoms. The highest BCUT2D eigenvalue weighted by molar-refractivity contribution is 9.11. The molecule has 2 heterocycles. The quantitative estimate of drug-likeness (QED) is 0.797. The van der Waals surface area contributed by atoms with Gasteiger partial charge >= 0.3 is 0 Å². The summed E-state index contributed by atoms with van der Waals surface area (Å²) in [5.74, 6) is 0. The number of nitrogens with zero attached hydrogens (tertiary/aromatic N) is 1. The first-order valence-corrected chi connectivity index (χ1v) is 7.21. The van der Waals surface area contributed by atoms with E-state index < -0.39 is 0 Å². The van der Waals surface area contributed by atoms with Crippen molar-refractivity contribution in [3.05, 3.63) is 10.1 Å². The van der Waals surface area contributed by atoms with E-state index >= 15 is 0 Å². The first kappa shape index (κ1) is 12.6. The standard InChI is InChI=1S/C13H23BrN2/c1-11(14)12-3-9-16(10-4-12)13(2)5-7-15-8-6-13/h15H,3-10H2,1-2H3. The van der Waals surface area contributed by atoms with Gasteiger partial charge in [-0.05, 0) is 57.1 Å². The van der Waals surface area contributed by atoms with Gasteiger partial charge in [0, 0.05) is 18.6 Å². The van der Waals surface area contributed by atoms with Crippen molar-refractivity contribution in [2.24, 2.45) is 0 Å². The lowest BCUT2D eigenvalue weighted by molar-refractivity contribution is 0.0645. The van der Waals surface area contributed by atoms with Gasteiger partial charge in [-0.15, -0.1) is 0 Å². The summed E-state index contributed by atoms with van der Waals surface area (Å²) >= 11 is 3.62. The van der Waals surface area contributed by atoms with Crippen molar-refractivity contribution in [3.63, 3.8) is 0 Å². The van der Waals surface area contributed by atoms with E-state index in [4.69, 9.17) is 0 Å². The molecule has 2 aliphatic heterocycles. The number of likely N-dealkylation sites (tertiary alicyclic amines) is 1. The van der Waals surface area contributed by atoms with Crippen LogP contribution in [0.4, 0.5) is 0 Å². The topological polar surface area (TPSA) is 15.3 Å². The summed E-state index contributed by atoms with van der Waals surface area (Å²) in [6.07, 6.45) is 5.11. The average Bonchev–Trinajstić information content (AvgIpc) is 2.30. The zero-order valence-electron chi connectivity index (χ0n) is 10.5. The summed E-state index contributed by atoms with van der Waals surface area (Å²) in [6.45, 7) is 9.49. The van der Waals surface area contributed by atoms with Crippen LogP contribution in [0.5, 0.6) is 0 Å². The van der Waals surface area contributed by atoms with Gasteiger partial charge in [0.05, 0.1) is 0 Å².